The van der Waals surface area contributed by atoms with Gasteiger partial charge in [-0.25, -0.2) is 9.98 Å². The molecule has 1 saturated heterocycles. The monoisotopic (exact) mass is 479 g/mol. The van der Waals surface area contributed by atoms with Crippen LogP contribution >= 0.6 is 35.3 Å². The lowest BCUT2D eigenvalue weighted by molar-refractivity contribution is 0.143. The van der Waals surface area contributed by atoms with Crippen LogP contribution in [0.4, 0.5) is 0 Å². The van der Waals surface area contributed by atoms with Crippen molar-refractivity contribution >= 4 is 41.3 Å². The molecule has 0 radical (unpaired) electrons. The summed E-state index contributed by atoms with van der Waals surface area (Å²) < 4.78 is 0. The third-order valence-corrected chi connectivity index (χ3v) is 5.51. The number of nitrogens with one attached hydrogen (secondary N) is 2. The number of aromatic nitrogens is 1. The van der Waals surface area contributed by atoms with Gasteiger partial charge in [-0.2, -0.15) is 0 Å². The molecule has 2 heterocycles. The average Bonchev–Trinajstić information content (AvgIpc) is 2.82. The summed E-state index contributed by atoms with van der Waals surface area (Å²) in [4.78, 5) is 13.1. The van der Waals surface area contributed by atoms with Crippen molar-refractivity contribution in [3.8, 4) is 0 Å². The summed E-state index contributed by atoms with van der Waals surface area (Å²) in [6.07, 6.45) is 1.36. The molecular weight excluding hydrogens is 445 g/mol. The highest BCUT2D eigenvalue weighted by atomic mass is 127. The van der Waals surface area contributed by atoms with Crippen molar-refractivity contribution in [2.24, 2.45) is 16.8 Å². The van der Waals surface area contributed by atoms with E-state index in [0.717, 1.165) is 48.1 Å². The first-order valence-corrected chi connectivity index (χ1v) is 9.97. The quantitative estimate of drug-likeness (QED) is 0.373. The fourth-order valence-corrected chi connectivity index (χ4v) is 4.26. The normalized spacial score (nSPS) is 21.7. The molecular formula is C18H34IN5S. The van der Waals surface area contributed by atoms with E-state index in [0.29, 0.717) is 6.54 Å². The Labute approximate surface area is 174 Å². The molecule has 0 bridgehead atoms. The standard InChI is InChI=1S/C18H33N5S.HI/c1-6-19-18(21-10-17-22-15(4)16(5)24-17)20-7-8-23-11-13(2)9-14(3)12-23;/h13-14H,6-12H2,1-5H3,(H2,19,20,21);1H. The number of guanidine groups is 1. The lowest BCUT2D eigenvalue weighted by Crippen LogP contribution is -2.45. The molecule has 0 aliphatic carbocycles. The van der Waals surface area contributed by atoms with Gasteiger partial charge in [0.25, 0.3) is 0 Å². The van der Waals surface area contributed by atoms with Gasteiger partial charge in [-0.05, 0) is 39.0 Å². The fourth-order valence-electron chi connectivity index (χ4n) is 3.40. The summed E-state index contributed by atoms with van der Waals surface area (Å²) >= 11 is 1.74. The van der Waals surface area contributed by atoms with Crippen molar-refractivity contribution in [1.29, 1.82) is 0 Å². The van der Waals surface area contributed by atoms with E-state index in [4.69, 9.17) is 0 Å². The molecule has 25 heavy (non-hydrogen) atoms. The zero-order valence-corrected chi connectivity index (χ0v) is 19.4. The summed E-state index contributed by atoms with van der Waals surface area (Å²) in [6.45, 7) is 17.0. The van der Waals surface area contributed by atoms with Crippen LogP contribution in [0.15, 0.2) is 4.99 Å². The highest BCUT2D eigenvalue weighted by molar-refractivity contribution is 14.0. The van der Waals surface area contributed by atoms with E-state index < -0.39 is 0 Å². The SMILES string of the molecule is CCNC(=NCc1nc(C)c(C)s1)NCCN1CC(C)CC(C)C1.I. The number of piperidine rings is 1. The zero-order chi connectivity index (χ0) is 17.5. The van der Waals surface area contributed by atoms with Crippen LogP contribution in [0.25, 0.3) is 0 Å². The molecule has 1 aliphatic heterocycles. The Morgan fingerprint density at radius 2 is 1.92 bits per heavy atom. The largest absolute Gasteiger partial charge is 0.357 e. The molecule has 144 valence electrons. The smallest absolute Gasteiger partial charge is 0.191 e. The first-order valence-electron chi connectivity index (χ1n) is 9.15. The average molecular weight is 479 g/mol. The van der Waals surface area contributed by atoms with Gasteiger partial charge < -0.3 is 15.5 Å². The van der Waals surface area contributed by atoms with Crippen LogP contribution in [-0.2, 0) is 6.54 Å². The highest BCUT2D eigenvalue weighted by Gasteiger charge is 2.21. The van der Waals surface area contributed by atoms with E-state index >= 15 is 0 Å². The van der Waals surface area contributed by atoms with Gasteiger partial charge in [0.15, 0.2) is 5.96 Å². The fraction of sp³-hybridized carbons (Fsp3) is 0.778. The van der Waals surface area contributed by atoms with Crippen LogP contribution in [-0.4, -0.2) is 48.6 Å². The minimum atomic E-state index is 0. The maximum atomic E-state index is 4.67. The Kier molecular flexibility index (Phi) is 10.3. The van der Waals surface area contributed by atoms with Gasteiger partial charge in [0.2, 0.25) is 0 Å². The maximum absolute atomic E-state index is 4.67. The lowest BCUT2D eigenvalue weighted by atomic mass is 9.92. The van der Waals surface area contributed by atoms with E-state index in [1.807, 2.05) is 0 Å². The van der Waals surface area contributed by atoms with E-state index in [-0.39, 0.29) is 24.0 Å². The Hall–Kier alpha value is -0.410. The molecule has 0 spiro atoms. The van der Waals surface area contributed by atoms with Crippen LogP contribution in [0.1, 0.15) is 42.8 Å². The molecule has 2 atom stereocenters. The third-order valence-electron chi connectivity index (χ3n) is 4.45. The number of hydrogen-bond acceptors (Lipinski definition) is 4. The highest BCUT2D eigenvalue weighted by Crippen LogP contribution is 2.20. The molecule has 1 aromatic heterocycles. The molecule has 0 aromatic carbocycles. The van der Waals surface area contributed by atoms with E-state index in [9.17, 15) is 0 Å². The number of rotatable bonds is 6. The minimum Gasteiger partial charge on any atom is -0.357 e. The van der Waals surface area contributed by atoms with Crippen LogP contribution in [0, 0.1) is 25.7 Å². The van der Waals surface area contributed by atoms with Crippen molar-refractivity contribution in [3.05, 3.63) is 15.6 Å². The van der Waals surface area contributed by atoms with Gasteiger partial charge in [0.05, 0.1) is 12.2 Å². The van der Waals surface area contributed by atoms with Gasteiger partial charge in [-0.1, -0.05) is 13.8 Å². The minimum absolute atomic E-state index is 0. The summed E-state index contributed by atoms with van der Waals surface area (Å²) in [5.74, 6) is 2.51. The first-order chi connectivity index (χ1) is 11.5. The van der Waals surface area contributed by atoms with E-state index in [2.05, 4.69) is 60.1 Å². The molecule has 1 aromatic rings. The van der Waals surface area contributed by atoms with Crippen molar-refractivity contribution in [2.75, 3.05) is 32.7 Å². The van der Waals surface area contributed by atoms with Crippen LogP contribution < -0.4 is 10.6 Å². The van der Waals surface area contributed by atoms with Crippen LogP contribution in [0.5, 0.6) is 0 Å². The number of nitrogens with zero attached hydrogens (tertiary/aromatic N) is 3. The van der Waals surface area contributed by atoms with Crippen LogP contribution in [0.2, 0.25) is 0 Å². The second-order valence-electron chi connectivity index (χ2n) is 7.08. The number of hydrogen-bond donors (Lipinski definition) is 2. The molecule has 0 amide bonds. The zero-order valence-electron chi connectivity index (χ0n) is 16.3. The van der Waals surface area contributed by atoms with Crippen molar-refractivity contribution < 1.29 is 0 Å². The summed E-state index contributed by atoms with van der Waals surface area (Å²) in [6, 6.07) is 0. The van der Waals surface area contributed by atoms with E-state index in [1.165, 1.54) is 24.4 Å². The Morgan fingerprint density at radius 1 is 1.24 bits per heavy atom. The second kappa shape index (κ2) is 11.3. The topological polar surface area (TPSA) is 52.6 Å². The molecule has 0 saturated carbocycles. The molecule has 7 heteroatoms. The van der Waals surface area contributed by atoms with E-state index in [1.54, 1.807) is 11.3 Å². The molecule has 2 N–H and O–H groups in total. The maximum Gasteiger partial charge on any atom is 0.191 e. The third kappa shape index (κ3) is 7.78. The Morgan fingerprint density at radius 3 is 2.48 bits per heavy atom. The van der Waals surface area contributed by atoms with Gasteiger partial charge in [-0.3, -0.25) is 0 Å². The Balaban J connectivity index is 0.00000312. The van der Waals surface area contributed by atoms with Crippen molar-refractivity contribution in [1.82, 2.24) is 20.5 Å². The lowest BCUT2D eigenvalue weighted by Gasteiger charge is -2.35. The van der Waals surface area contributed by atoms with Gasteiger partial charge in [-0.15, -0.1) is 35.3 Å². The number of aryl methyl sites for hydroxylation is 2. The number of likely N-dealkylation sites (tertiary alicyclic amines) is 1. The summed E-state index contributed by atoms with van der Waals surface area (Å²) in [5, 5.41) is 7.87. The Bertz CT molecular complexity index is 516. The van der Waals surface area contributed by atoms with Gasteiger partial charge >= 0.3 is 0 Å². The van der Waals surface area contributed by atoms with Crippen molar-refractivity contribution in [3.63, 3.8) is 0 Å². The molecule has 5 nitrogen and oxygen atoms in total. The van der Waals surface area contributed by atoms with Crippen molar-refractivity contribution in [2.45, 2.75) is 47.6 Å². The molecule has 2 unspecified atom stereocenters. The molecule has 1 aliphatic rings. The van der Waals surface area contributed by atoms with Gasteiger partial charge in [0, 0.05) is 37.6 Å². The number of halogens is 1. The number of aliphatic imine (C=N–C) groups is 1. The number of thiazole rings is 1. The van der Waals surface area contributed by atoms with Gasteiger partial charge in [0.1, 0.15) is 5.01 Å². The molecule has 2 rings (SSSR count). The summed E-state index contributed by atoms with van der Waals surface area (Å²) in [7, 11) is 0. The predicted octanol–water partition coefficient (Wildman–Crippen LogP) is 3.41. The first kappa shape index (κ1) is 22.6. The van der Waals surface area contributed by atoms with Crippen LogP contribution in [0.3, 0.4) is 0 Å². The molecule has 1 fully saturated rings. The second-order valence-corrected chi connectivity index (χ2v) is 8.36. The predicted molar refractivity (Wildman–Crippen MR) is 119 cm³/mol. The summed E-state index contributed by atoms with van der Waals surface area (Å²) in [5.41, 5.74) is 1.12.